The molecule has 1 fully saturated rings. The van der Waals surface area contributed by atoms with Crippen molar-refractivity contribution >= 4 is 5.78 Å². The first-order valence-corrected chi connectivity index (χ1v) is 7.56. The molecule has 2 aromatic rings. The van der Waals surface area contributed by atoms with E-state index >= 15 is 0 Å². The molecule has 0 spiro atoms. The van der Waals surface area contributed by atoms with E-state index in [0.29, 0.717) is 0 Å². The molecule has 0 atom stereocenters. The summed E-state index contributed by atoms with van der Waals surface area (Å²) >= 11 is 0. The molecule has 108 valence electrons. The van der Waals surface area contributed by atoms with Crippen molar-refractivity contribution in [2.24, 2.45) is 0 Å². The fourth-order valence-corrected chi connectivity index (χ4v) is 3.27. The summed E-state index contributed by atoms with van der Waals surface area (Å²) in [4.78, 5) is 15.5. The zero-order valence-electron chi connectivity index (χ0n) is 12.5. The molecule has 0 amide bonds. The highest BCUT2D eigenvalue weighted by Gasteiger charge is 2.42. The van der Waals surface area contributed by atoms with Crippen LogP contribution in [0.3, 0.4) is 0 Å². The normalized spacial score (nSPS) is 18.3. The Balaban J connectivity index is 2.03. The Labute approximate surface area is 126 Å². The lowest BCUT2D eigenvalue weighted by atomic mass is 9.68. The highest BCUT2D eigenvalue weighted by molar-refractivity contribution is 6.04. The molecular weight excluding hydrogens is 258 g/mol. The van der Waals surface area contributed by atoms with E-state index in [2.05, 4.69) is 24.1 Å². The largest absolute Gasteiger partial charge is 0.306 e. The number of benzene rings is 2. The van der Waals surface area contributed by atoms with Gasteiger partial charge in [-0.05, 0) is 38.5 Å². The minimum Gasteiger partial charge on any atom is -0.306 e. The number of carbonyl (C=O) groups excluding carboxylic acids is 1. The molecule has 2 heteroatoms. The predicted molar refractivity (Wildman–Crippen MR) is 85.6 cm³/mol. The quantitative estimate of drug-likeness (QED) is 0.801. The van der Waals surface area contributed by atoms with Gasteiger partial charge < -0.3 is 4.90 Å². The fraction of sp³-hybridized carbons (Fsp3) is 0.316. The van der Waals surface area contributed by atoms with Gasteiger partial charge in [-0.25, -0.2) is 0 Å². The molecule has 1 heterocycles. The number of piperidine rings is 1. The molecule has 2 nitrogen and oxygen atoms in total. The topological polar surface area (TPSA) is 20.3 Å². The van der Waals surface area contributed by atoms with E-state index in [1.165, 1.54) is 0 Å². The first-order chi connectivity index (χ1) is 10.2. The lowest BCUT2D eigenvalue weighted by Gasteiger charge is -2.40. The van der Waals surface area contributed by atoms with Crippen LogP contribution < -0.4 is 0 Å². The molecule has 0 bridgehead atoms. The Kier molecular flexibility index (Phi) is 3.89. The van der Waals surface area contributed by atoms with Crippen LogP contribution in [0.2, 0.25) is 0 Å². The highest BCUT2D eigenvalue weighted by Crippen LogP contribution is 2.38. The number of likely N-dealkylation sites (tertiary alicyclic amines) is 1. The SMILES string of the molecule is CN1CCC(C(=O)c2ccccc2)(c2ccccc2)CC1. The molecule has 1 aliphatic heterocycles. The van der Waals surface area contributed by atoms with Crippen molar-refractivity contribution in [1.82, 2.24) is 4.90 Å². The lowest BCUT2D eigenvalue weighted by Crippen LogP contribution is -2.46. The minimum atomic E-state index is -0.366. The van der Waals surface area contributed by atoms with Crippen LogP contribution in [0.5, 0.6) is 0 Å². The summed E-state index contributed by atoms with van der Waals surface area (Å²) in [6, 6.07) is 20.0. The maximum Gasteiger partial charge on any atom is 0.173 e. The number of hydrogen-bond acceptors (Lipinski definition) is 2. The van der Waals surface area contributed by atoms with E-state index in [4.69, 9.17) is 0 Å². The van der Waals surface area contributed by atoms with Crippen molar-refractivity contribution in [2.75, 3.05) is 20.1 Å². The third kappa shape index (κ3) is 2.64. The van der Waals surface area contributed by atoms with Crippen LogP contribution in [0.15, 0.2) is 60.7 Å². The molecule has 0 saturated carbocycles. The molecule has 21 heavy (non-hydrogen) atoms. The summed E-state index contributed by atoms with van der Waals surface area (Å²) in [6.45, 7) is 1.93. The Morgan fingerprint density at radius 1 is 0.905 bits per heavy atom. The van der Waals surface area contributed by atoms with Gasteiger partial charge in [0.05, 0.1) is 5.41 Å². The van der Waals surface area contributed by atoms with Gasteiger partial charge in [0.25, 0.3) is 0 Å². The van der Waals surface area contributed by atoms with Crippen molar-refractivity contribution in [2.45, 2.75) is 18.3 Å². The van der Waals surface area contributed by atoms with Gasteiger partial charge in [-0.2, -0.15) is 0 Å². The first kappa shape index (κ1) is 14.0. The van der Waals surface area contributed by atoms with E-state index in [0.717, 1.165) is 37.1 Å². The first-order valence-electron chi connectivity index (χ1n) is 7.56. The fourth-order valence-electron chi connectivity index (χ4n) is 3.27. The molecule has 1 saturated heterocycles. The number of nitrogens with zero attached hydrogens (tertiary/aromatic N) is 1. The van der Waals surface area contributed by atoms with Crippen LogP contribution in [0.25, 0.3) is 0 Å². The van der Waals surface area contributed by atoms with Gasteiger partial charge in [-0.15, -0.1) is 0 Å². The molecule has 0 unspecified atom stereocenters. The van der Waals surface area contributed by atoms with Crippen molar-refractivity contribution < 1.29 is 4.79 Å². The van der Waals surface area contributed by atoms with Gasteiger partial charge in [0, 0.05) is 5.56 Å². The molecule has 0 N–H and O–H groups in total. The van der Waals surface area contributed by atoms with Crippen molar-refractivity contribution in [3.63, 3.8) is 0 Å². The zero-order valence-corrected chi connectivity index (χ0v) is 12.5. The maximum atomic E-state index is 13.2. The molecule has 1 aliphatic rings. The van der Waals surface area contributed by atoms with E-state index in [1.807, 2.05) is 48.5 Å². The Morgan fingerprint density at radius 2 is 1.43 bits per heavy atom. The second-order valence-corrected chi connectivity index (χ2v) is 5.95. The molecule has 0 aromatic heterocycles. The summed E-state index contributed by atoms with van der Waals surface area (Å²) in [7, 11) is 2.13. The number of carbonyl (C=O) groups is 1. The lowest BCUT2D eigenvalue weighted by molar-refractivity contribution is 0.0793. The predicted octanol–water partition coefficient (Wildman–Crippen LogP) is 3.53. The smallest absolute Gasteiger partial charge is 0.173 e. The van der Waals surface area contributed by atoms with Gasteiger partial charge in [0.15, 0.2) is 5.78 Å². The summed E-state index contributed by atoms with van der Waals surface area (Å²) in [5.41, 5.74) is 1.62. The van der Waals surface area contributed by atoms with Crippen LogP contribution in [-0.4, -0.2) is 30.8 Å². The Morgan fingerprint density at radius 3 is 2.00 bits per heavy atom. The van der Waals surface area contributed by atoms with Crippen LogP contribution in [0, 0.1) is 0 Å². The van der Waals surface area contributed by atoms with Gasteiger partial charge in [0.2, 0.25) is 0 Å². The average Bonchev–Trinajstić information content (AvgIpc) is 2.57. The van der Waals surface area contributed by atoms with Crippen LogP contribution in [0.4, 0.5) is 0 Å². The monoisotopic (exact) mass is 279 g/mol. The minimum absolute atomic E-state index is 0.266. The van der Waals surface area contributed by atoms with Crippen LogP contribution in [-0.2, 0) is 5.41 Å². The van der Waals surface area contributed by atoms with Crippen molar-refractivity contribution in [3.8, 4) is 0 Å². The average molecular weight is 279 g/mol. The zero-order chi connectivity index (χ0) is 14.7. The number of rotatable bonds is 3. The van der Waals surface area contributed by atoms with E-state index in [1.54, 1.807) is 0 Å². The second kappa shape index (κ2) is 5.82. The number of Topliss-reactive ketones (excluding diaryl/α,β-unsaturated/α-hetero) is 1. The standard InChI is InChI=1S/C19H21NO/c1-20-14-12-19(13-15-20,17-10-6-3-7-11-17)18(21)16-8-4-2-5-9-16/h2-11H,12-15H2,1H3. The molecule has 2 aromatic carbocycles. The highest BCUT2D eigenvalue weighted by atomic mass is 16.1. The van der Waals surface area contributed by atoms with Crippen LogP contribution in [0.1, 0.15) is 28.8 Å². The Bertz CT molecular complexity index is 598. The van der Waals surface area contributed by atoms with E-state index in [-0.39, 0.29) is 11.2 Å². The molecular formula is C19H21NO. The third-order valence-electron chi connectivity index (χ3n) is 4.64. The van der Waals surface area contributed by atoms with E-state index < -0.39 is 0 Å². The molecule has 3 rings (SSSR count). The summed E-state index contributed by atoms with van der Waals surface area (Å²) in [5.74, 6) is 0.266. The van der Waals surface area contributed by atoms with Gasteiger partial charge in [0.1, 0.15) is 0 Å². The maximum absolute atomic E-state index is 13.2. The van der Waals surface area contributed by atoms with E-state index in [9.17, 15) is 4.79 Å². The third-order valence-corrected chi connectivity index (χ3v) is 4.64. The second-order valence-electron chi connectivity index (χ2n) is 5.95. The molecule has 0 radical (unpaired) electrons. The Hall–Kier alpha value is -1.93. The summed E-state index contributed by atoms with van der Waals surface area (Å²) in [5, 5.41) is 0. The van der Waals surface area contributed by atoms with Gasteiger partial charge in [-0.3, -0.25) is 4.79 Å². The van der Waals surface area contributed by atoms with Gasteiger partial charge in [-0.1, -0.05) is 60.7 Å². The number of ketones is 1. The van der Waals surface area contributed by atoms with Crippen molar-refractivity contribution in [1.29, 1.82) is 0 Å². The summed E-state index contributed by atoms with van der Waals surface area (Å²) in [6.07, 6.45) is 1.78. The number of hydrogen-bond donors (Lipinski definition) is 0. The summed E-state index contributed by atoms with van der Waals surface area (Å²) < 4.78 is 0. The molecule has 0 aliphatic carbocycles. The van der Waals surface area contributed by atoms with Gasteiger partial charge >= 0.3 is 0 Å². The van der Waals surface area contributed by atoms with Crippen molar-refractivity contribution in [3.05, 3.63) is 71.8 Å². The van der Waals surface area contributed by atoms with Crippen LogP contribution >= 0.6 is 0 Å².